The lowest BCUT2D eigenvalue weighted by molar-refractivity contribution is -0.143. The van der Waals surface area contributed by atoms with E-state index in [4.69, 9.17) is 4.74 Å². The number of hydrogen-bond donors (Lipinski definition) is 3. The molecule has 0 saturated carbocycles. The minimum Gasteiger partial charge on any atom is -0.466 e. The summed E-state index contributed by atoms with van der Waals surface area (Å²) in [5, 5.41) is 23.2. The van der Waals surface area contributed by atoms with Crippen LogP contribution in [0.1, 0.15) is 373 Å². The standard InChI is InChI=1S/C70H133NO5/c1-3-5-7-9-11-13-15-17-36-39-42-46-50-54-58-62-68(73)67(66-72)71-69(74)63-59-55-51-47-43-40-37-34-32-30-28-26-24-22-20-18-19-21-23-25-27-29-31-33-35-38-41-45-49-53-57-61-65-76-70(75)64-60-56-52-48-44-16-14-12-10-8-6-4-2/h12,14,21,23,58,62,67-68,72-73H,3-11,13,15-20,22,24-57,59-61,63-66H2,1-2H3,(H,71,74)/b14-12-,23-21-,62-58+. The molecule has 2 unspecified atom stereocenters. The van der Waals surface area contributed by atoms with Crippen molar-refractivity contribution in [1.29, 1.82) is 0 Å². The Labute approximate surface area is 474 Å². The monoisotopic (exact) mass is 1070 g/mol. The number of ether oxygens (including phenoxy) is 1. The molecule has 0 aromatic heterocycles. The molecule has 0 radical (unpaired) electrons. The summed E-state index contributed by atoms with van der Waals surface area (Å²) in [4.78, 5) is 24.5. The van der Waals surface area contributed by atoms with Crippen LogP contribution in [0.5, 0.6) is 0 Å². The van der Waals surface area contributed by atoms with E-state index in [1.807, 2.05) is 6.08 Å². The van der Waals surface area contributed by atoms with E-state index < -0.39 is 12.1 Å². The molecule has 448 valence electrons. The Morgan fingerprint density at radius 1 is 0.355 bits per heavy atom. The molecule has 6 nitrogen and oxygen atoms in total. The van der Waals surface area contributed by atoms with Gasteiger partial charge in [-0.2, -0.15) is 0 Å². The van der Waals surface area contributed by atoms with Crippen LogP contribution in [0.15, 0.2) is 36.5 Å². The molecule has 0 rings (SSSR count). The van der Waals surface area contributed by atoms with Crippen molar-refractivity contribution in [1.82, 2.24) is 5.32 Å². The fraction of sp³-hybridized carbons (Fsp3) is 0.886. The van der Waals surface area contributed by atoms with E-state index in [-0.39, 0.29) is 18.5 Å². The van der Waals surface area contributed by atoms with Gasteiger partial charge in [0, 0.05) is 12.8 Å². The third-order valence-corrected chi connectivity index (χ3v) is 15.9. The highest BCUT2D eigenvalue weighted by Crippen LogP contribution is 2.18. The number of amides is 1. The van der Waals surface area contributed by atoms with Crippen LogP contribution in [0.4, 0.5) is 0 Å². The van der Waals surface area contributed by atoms with E-state index in [1.165, 1.54) is 302 Å². The van der Waals surface area contributed by atoms with Gasteiger partial charge < -0.3 is 20.3 Å². The van der Waals surface area contributed by atoms with Gasteiger partial charge in [-0.25, -0.2) is 0 Å². The predicted octanol–water partition coefficient (Wildman–Crippen LogP) is 21.9. The van der Waals surface area contributed by atoms with E-state index in [9.17, 15) is 19.8 Å². The zero-order chi connectivity index (χ0) is 55.0. The first-order valence-electron chi connectivity index (χ1n) is 34.3. The molecule has 0 heterocycles. The Hall–Kier alpha value is -1.92. The Morgan fingerprint density at radius 2 is 0.618 bits per heavy atom. The highest BCUT2D eigenvalue weighted by Gasteiger charge is 2.18. The maximum absolute atomic E-state index is 12.5. The number of unbranched alkanes of at least 4 members (excludes halogenated alkanes) is 49. The number of carbonyl (C=O) groups excluding carboxylic acids is 2. The van der Waals surface area contributed by atoms with E-state index in [2.05, 4.69) is 43.5 Å². The van der Waals surface area contributed by atoms with Crippen LogP contribution in [-0.2, 0) is 14.3 Å². The molecular weight excluding hydrogens is 935 g/mol. The summed E-state index contributed by atoms with van der Waals surface area (Å²) in [5.41, 5.74) is 0. The van der Waals surface area contributed by atoms with Crippen LogP contribution in [0.25, 0.3) is 0 Å². The highest BCUT2D eigenvalue weighted by atomic mass is 16.5. The normalized spacial score (nSPS) is 12.7. The third kappa shape index (κ3) is 61.3. The molecule has 3 N–H and O–H groups in total. The fourth-order valence-electron chi connectivity index (χ4n) is 10.6. The first-order valence-corrected chi connectivity index (χ1v) is 34.3. The van der Waals surface area contributed by atoms with Crippen LogP contribution in [0.3, 0.4) is 0 Å². The Balaban J connectivity index is 3.37. The lowest BCUT2D eigenvalue weighted by Gasteiger charge is -2.20. The molecule has 0 saturated heterocycles. The highest BCUT2D eigenvalue weighted by molar-refractivity contribution is 5.76. The van der Waals surface area contributed by atoms with E-state index in [1.54, 1.807) is 6.08 Å². The second kappa shape index (κ2) is 65.6. The molecule has 0 fully saturated rings. The average Bonchev–Trinajstić information content (AvgIpc) is 3.42. The van der Waals surface area contributed by atoms with Crippen LogP contribution in [0, 0.1) is 0 Å². The summed E-state index contributed by atoms with van der Waals surface area (Å²) in [6.45, 7) is 4.90. The molecule has 0 aliphatic heterocycles. The number of allylic oxidation sites excluding steroid dienone is 5. The lowest BCUT2D eigenvalue weighted by Crippen LogP contribution is -2.45. The van der Waals surface area contributed by atoms with Gasteiger partial charge in [0.25, 0.3) is 0 Å². The van der Waals surface area contributed by atoms with Crippen molar-refractivity contribution < 1.29 is 24.5 Å². The van der Waals surface area contributed by atoms with Crippen LogP contribution in [0.2, 0.25) is 0 Å². The van der Waals surface area contributed by atoms with Crippen molar-refractivity contribution in [2.24, 2.45) is 0 Å². The van der Waals surface area contributed by atoms with E-state index >= 15 is 0 Å². The van der Waals surface area contributed by atoms with Crippen molar-refractivity contribution in [3.05, 3.63) is 36.5 Å². The zero-order valence-corrected chi connectivity index (χ0v) is 51.3. The second-order valence-electron chi connectivity index (χ2n) is 23.5. The summed E-state index contributed by atoms with van der Waals surface area (Å²) in [7, 11) is 0. The molecule has 76 heavy (non-hydrogen) atoms. The van der Waals surface area contributed by atoms with Gasteiger partial charge in [0.05, 0.1) is 25.4 Å². The van der Waals surface area contributed by atoms with E-state index in [0.717, 1.165) is 44.9 Å². The zero-order valence-electron chi connectivity index (χ0n) is 51.3. The number of aliphatic hydroxyl groups is 2. The molecule has 0 aliphatic carbocycles. The third-order valence-electron chi connectivity index (χ3n) is 15.9. The molecule has 0 aromatic rings. The Kier molecular flexibility index (Phi) is 63.9. The van der Waals surface area contributed by atoms with Gasteiger partial charge >= 0.3 is 5.97 Å². The summed E-state index contributed by atoms with van der Waals surface area (Å²) in [5.74, 6) is -0.0555. The first kappa shape index (κ1) is 74.1. The van der Waals surface area contributed by atoms with Crippen molar-refractivity contribution >= 4 is 11.9 Å². The molecular formula is C70H133NO5. The van der Waals surface area contributed by atoms with Gasteiger partial charge in [0.2, 0.25) is 5.91 Å². The topological polar surface area (TPSA) is 95.9 Å². The van der Waals surface area contributed by atoms with Crippen molar-refractivity contribution in [2.75, 3.05) is 13.2 Å². The molecule has 1 amide bonds. The van der Waals surface area contributed by atoms with Gasteiger partial charge in [-0.15, -0.1) is 0 Å². The smallest absolute Gasteiger partial charge is 0.305 e. The minimum absolute atomic E-state index is 0.00792. The first-order chi connectivity index (χ1) is 37.5. The van der Waals surface area contributed by atoms with Gasteiger partial charge in [0.15, 0.2) is 0 Å². The summed E-state index contributed by atoms with van der Waals surface area (Å²) < 4.78 is 5.47. The van der Waals surface area contributed by atoms with Gasteiger partial charge in [-0.1, -0.05) is 314 Å². The molecule has 2 atom stereocenters. The van der Waals surface area contributed by atoms with Gasteiger partial charge in [0.1, 0.15) is 0 Å². The predicted molar refractivity (Wildman–Crippen MR) is 333 cm³/mol. The number of carbonyl (C=O) groups is 2. The second-order valence-corrected chi connectivity index (χ2v) is 23.5. The van der Waals surface area contributed by atoms with Crippen LogP contribution < -0.4 is 5.32 Å². The van der Waals surface area contributed by atoms with Crippen molar-refractivity contribution in [3.63, 3.8) is 0 Å². The number of rotatable bonds is 64. The number of hydrogen-bond acceptors (Lipinski definition) is 5. The summed E-state index contributed by atoms with van der Waals surface area (Å²) >= 11 is 0. The lowest BCUT2D eigenvalue weighted by atomic mass is 10.0. The average molecular weight is 1070 g/mol. The van der Waals surface area contributed by atoms with Crippen molar-refractivity contribution in [2.45, 2.75) is 386 Å². The maximum Gasteiger partial charge on any atom is 0.305 e. The van der Waals surface area contributed by atoms with Gasteiger partial charge in [-0.3, -0.25) is 9.59 Å². The largest absolute Gasteiger partial charge is 0.466 e. The van der Waals surface area contributed by atoms with Gasteiger partial charge in [-0.05, 0) is 83.5 Å². The number of nitrogens with one attached hydrogen (secondary N) is 1. The fourth-order valence-corrected chi connectivity index (χ4v) is 10.6. The Bertz CT molecular complexity index is 1230. The van der Waals surface area contributed by atoms with Crippen LogP contribution >= 0.6 is 0 Å². The molecule has 0 aromatic carbocycles. The number of esters is 1. The molecule has 0 aliphatic rings. The van der Waals surface area contributed by atoms with E-state index in [0.29, 0.717) is 19.4 Å². The Morgan fingerprint density at radius 3 is 0.961 bits per heavy atom. The maximum atomic E-state index is 12.5. The van der Waals surface area contributed by atoms with Crippen molar-refractivity contribution in [3.8, 4) is 0 Å². The summed E-state index contributed by atoms with van der Waals surface area (Å²) in [6, 6.07) is -0.626. The SMILES string of the molecule is CCCCC/C=C\CCCCCCCC(=O)OCCCCCCCCCCCCCC/C=C\CCCCCCCCCCCCCCCCCCC(=O)NC(CO)C(O)/C=C/CCCCCCCCCCCCCCC. The van der Waals surface area contributed by atoms with Crippen LogP contribution in [-0.4, -0.2) is 47.4 Å². The molecule has 0 spiro atoms. The molecule has 0 bridgehead atoms. The number of aliphatic hydroxyl groups excluding tert-OH is 2. The quantitative estimate of drug-likeness (QED) is 0.0320. The summed E-state index contributed by atoms with van der Waals surface area (Å²) in [6.07, 6.45) is 83.7. The molecule has 6 heteroatoms. The minimum atomic E-state index is -0.842.